The van der Waals surface area contributed by atoms with Crippen molar-refractivity contribution in [1.82, 2.24) is 4.57 Å². The van der Waals surface area contributed by atoms with Gasteiger partial charge in [-0.05, 0) is 0 Å². The second kappa shape index (κ2) is 6.68. The number of carboxylic acids is 1. The molecule has 0 saturated heterocycles. The van der Waals surface area contributed by atoms with Crippen LogP contribution < -0.4 is 5.43 Å². The van der Waals surface area contributed by atoms with Gasteiger partial charge < -0.3 is 19.1 Å². The fraction of sp³-hybridized carbons (Fsp3) is 0.364. The molecule has 0 aliphatic heterocycles. The van der Waals surface area contributed by atoms with Crippen molar-refractivity contribution in [2.45, 2.75) is 12.8 Å². The minimum Gasteiger partial charge on any atom is -0.477 e. The summed E-state index contributed by atoms with van der Waals surface area (Å²) in [5.41, 5.74) is -1.78. The molecule has 1 heterocycles. The van der Waals surface area contributed by atoms with Gasteiger partial charge in [0.15, 0.2) is 11.7 Å². The van der Waals surface area contributed by atoms with Gasteiger partial charge in [-0.2, -0.15) is 0 Å². The minimum atomic E-state index is -1.45. The number of carbonyl (C=O) groups excluding carboxylic acids is 1. The van der Waals surface area contributed by atoms with Crippen molar-refractivity contribution < 1.29 is 24.2 Å². The van der Waals surface area contributed by atoms with Crippen molar-refractivity contribution in [1.29, 1.82) is 0 Å². The Labute approximate surface area is 112 Å². The van der Waals surface area contributed by atoms with Crippen LogP contribution in [0, 0.1) is 4.91 Å². The van der Waals surface area contributed by atoms with Gasteiger partial charge >= 0.3 is 11.9 Å². The van der Waals surface area contributed by atoms with E-state index in [0.717, 1.165) is 16.8 Å². The van der Waals surface area contributed by atoms with E-state index in [9.17, 15) is 19.3 Å². The zero-order chi connectivity index (χ0) is 15.3. The predicted octanol–water partition coefficient (Wildman–Crippen LogP) is 0.0720. The molecule has 0 spiro atoms. The Balaban J connectivity index is 3.39. The number of methoxy groups -OCH3 is 2. The smallest absolute Gasteiger partial charge is 0.341 e. The highest BCUT2D eigenvalue weighted by atomic mass is 16.7. The number of nitrogens with zero attached hydrogens (tertiary/aromatic N) is 2. The van der Waals surface area contributed by atoms with Crippen LogP contribution in [0.4, 0.5) is 0 Å². The Morgan fingerprint density at radius 3 is 2.45 bits per heavy atom. The van der Waals surface area contributed by atoms with Gasteiger partial charge in [-0.15, -0.1) is 4.91 Å². The van der Waals surface area contributed by atoms with Crippen LogP contribution in [0.1, 0.15) is 20.8 Å². The highest BCUT2D eigenvalue weighted by Gasteiger charge is 2.19. The standard InChI is InChI=1S/C11H12N2O7/c1-19-9(20-2)5-13-4-6(11(16)17)8(14)3-7(13)10(15)12-18/h3-4,9H,5H2,1-2H3,(H,16,17). The zero-order valence-corrected chi connectivity index (χ0v) is 10.7. The number of hydrogen-bond acceptors (Lipinski definition) is 6. The third-order valence-electron chi connectivity index (χ3n) is 2.53. The lowest BCUT2D eigenvalue weighted by Crippen LogP contribution is -2.27. The Bertz CT molecular complexity index is 589. The summed E-state index contributed by atoms with van der Waals surface area (Å²) in [6, 6.07) is 0.746. The second-order valence-corrected chi connectivity index (χ2v) is 3.69. The number of rotatable bonds is 6. The van der Waals surface area contributed by atoms with Crippen LogP contribution in [-0.2, 0) is 16.0 Å². The van der Waals surface area contributed by atoms with Crippen molar-refractivity contribution in [3.8, 4) is 0 Å². The number of pyridine rings is 1. The van der Waals surface area contributed by atoms with E-state index >= 15 is 0 Å². The molecule has 0 aliphatic carbocycles. The highest BCUT2D eigenvalue weighted by Crippen LogP contribution is 2.06. The lowest BCUT2D eigenvalue weighted by atomic mass is 10.2. The SMILES string of the molecule is COC(Cn1cc(C(=O)O)c(=O)cc1C(=O)N=O)OC. The average Bonchev–Trinajstić information content (AvgIpc) is 2.44. The zero-order valence-electron chi connectivity index (χ0n) is 10.7. The van der Waals surface area contributed by atoms with Crippen molar-refractivity contribution in [3.63, 3.8) is 0 Å². The van der Waals surface area contributed by atoms with E-state index in [1.165, 1.54) is 14.2 Å². The first kappa shape index (κ1) is 15.7. The maximum atomic E-state index is 11.5. The molecule has 9 nitrogen and oxygen atoms in total. The average molecular weight is 284 g/mol. The van der Waals surface area contributed by atoms with Crippen LogP contribution in [-0.4, -0.2) is 42.1 Å². The van der Waals surface area contributed by atoms with Gasteiger partial charge in [-0.3, -0.25) is 9.59 Å². The number of carboxylic acid groups (broad SMARTS) is 1. The Kier molecular flexibility index (Phi) is 5.23. The summed E-state index contributed by atoms with van der Waals surface area (Å²) >= 11 is 0. The first-order valence-electron chi connectivity index (χ1n) is 5.35. The molecule has 0 bridgehead atoms. The summed E-state index contributed by atoms with van der Waals surface area (Å²) in [6.07, 6.45) is 0.144. The highest BCUT2D eigenvalue weighted by molar-refractivity contribution is 5.94. The van der Waals surface area contributed by atoms with Gasteiger partial charge in [0.25, 0.3) is 0 Å². The molecular formula is C11H12N2O7. The van der Waals surface area contributed by atoms with Gasteiger partial charge in [-0.1, -0.05) is 0 Å². The summed E-state index contributed by atoms with van der Waals surface area (Å²) in [4.78, 5) is 44.1. The minimum absolute atomic E-state index is 0.0931. The molecule has 9 heteroatoms. The first-order chi connectivity index (χ1) is 9.44. The number of nitroso groups, excluding NO2 is 1. The fourth-order valence-electron chi connectivity index (χ4n) is 1.52. The van der Waals surface area contributed by atoms with Gasteiger partial charge in [0.1, 0.15) is 11.3 Å². The second-order valence-electron chi connectivity index (χ2n) is 3.69. The largest absolute Gasteiger partial charge is 0.477 e. The van der Waals surface area contributed by atoms with E-state index in [4.69, 9.17) is 14.6 Å². The van der Waals surface area contributed by atoms with Crippen LogP contribution in [0.5, 0.6) is 0 Å². The summed E-state index contributed by atoms with van der Waals surface area (Å²) in [5.74, 6) is -2.64. The number of aromatic nitrogens is 1. The molecule has 0 saturated carbocycles. The van der Waals surface area contributed by atoms with Crippen molar-refractivity contribution in [2.75, 3.05) is 14.2 Å². The first-order valence-corrected chi connectivity index (χ1v) is 5.35. The fourth-order valence-corrected chi connectivity index (χ4v) is 1.52. The number of carbonyl (C=O) groups is 2. The Morgan fingerprint density at radius 2 is 2.00 bits per heavy atom. The van der Waals surface area contributed by atoms with Crippen LogP contribution in [0.15, 0.2) is 22.2 Å². The van der Waals surface area contributed by atoms with E-state index in [-0.39, 0.29) is 12.2 Å². The van der Waals surface area contributed by atoms with Gasteiger partial charge in [0.05, 0.1) is 6.54 Å². The number of amides is 1. The van der Waals surface area contributed by atoms with Crippen LogP contribution in [0.3, 0.4) is 0 Å². The maximum Gasteiger partial charge on any atom is 0.341 e. The summed E-state index contributed by atoms with van der Waals surface area (Å²) in [6.45, 7) is -0.0931. The van der Waals surface area contributed by atoms with E-state index in [0.29, 0.717) is 0 Å². The van der Waals surface area contributed by atoms with Gasteiger partial charge in [0.2, 0.25) is 0 Å². The van der Waals surface area contributed by atoms with Crippen molar-refractivity contribution >= 4 is 11.9 Å². The van der Waals surface area contributed by atoms with Gasteiger partial charge in [-0.25, -0.2) is 4.79 Å². The number of aromatic carboxylic acids is 1. The molecule has 1 N–H and O–H groups in total. The molecule has 0 aromatic carbocycles. The van der Waals surface area contributed by atoms with Crippen LogP contribution >= 0.6 is 0 Å². The molecule has 0 aliphatic rings. The molecule has 0 unspecified atom stereocenters. The van der Waals surface area contributed by atoms with Crippen molar-refractivity contribution in [3.05, 3.63) is 38.7 Å². The van der Waals surface area contributed by atoms with Crippen LogP contribution in [0.25, 0.3) is 0 Å². The van der Waals surface area contributed by atoms with Crippen molar-refractivity contribution in [2.24, 2.45) is 5.18 Å². The predicted molar refractivity (Wildman–Crippen MR) is 65.6 cm³/mol. The third-order valence-corrected chi connectivity index (χ3v) is 2.53. The molecule has 1 aromatic heterocycles. The molecule has 0 fully saturated rings. The van der Waals surface area contributed by atoms with Gasteiger partial charge in [0, 0.05) is 31.7 Å². The maximum absolute atomic E-state index is 11.5. The normalized spacial score (nSPS) is 10.6. The molecule has 0 radical (unpaired) electrons. The molecule has 20 heavy (non-hydrogen) atoms. The van der Waals surface area contributed by atoms with E-state index < -0.39 is 29.2 Å². The number of hydrogen-bond donors (Lipinski definition) is 1. The molecular weight excluding hydrogens is 272 g/mol. The quantitative estimate of drug-likeness (QED) is 0.579. The number of ether oxygens (including phenoxy) is 2. The molecule has 108 valence electrons. The summed E-state index contributed by atoms with van der Waals surface area (Å²) < 4.78 is 10.9. The van der Waals surface area contributed by atoms with E-state index in [1.54, 1.807) is 0 Å². The monoisotopic (exact) mass is 284 g/mol. The van der Waals surface area contributed by atoms with E-state index in [2.05, 4.69) is 5.18 Å². The molecule has 1 aromatic rings. The third kappa shape index (κ3) is 3.33. The van der Waals surface area contributed by atoms with E-state index in [1.807, 2.05) is 0 Å². The lowest BCUT2D eigenvalue weighted by Gasteiger charge is -2.17. The topological polar surface area (TPSA) is 124 Å². The summed E-state index contributed by atoms with van der Waals surface area (Å²) in [5, 5.41) is 11.1. The Hall–Kier alpha value is -2.39. The lowest BCUT2D eigenvalue weighted by molar-refractivity contribution is -0.111. The molecule has 1 amide bonds. The van der Waals surface area contributed by atoms with Crippen LogP contribution in [0.2, 0.25) is 0 Å². The molecule has 1 rings (SSSR count). The molecule has 0 atom stereocenters. The summed E-state index contributed by atoms with van der Waals surface area (Å²) in [7, 11) is 2.68. The Morgan fingerprint density at radius 1 is 1.40 bits per heavy atom.